The fourth-order valence-corrected chi connectivity index (χ4v) is 1.49. The van der Waals surface area contributed by atoms with Gasteiger partial charge in [0.1, 0.15) is 10.3 Å². The molecule has 0 unspecified atom stereocenters. The molecule has 1 aromatic rings. The highest BCUT2D eigenvalue weighted by molar-refractivity contribution is 9.10. The summed E-state index contributed by atoms with van der Waals surface area (Å²) >= 11 is 2.93. The molecule has 0 spiro atoms. The summed E-state index contributed by atoms with van der Waals surface area (Å²) < 4.78 is 37.6. The average Bonchev–Trinajstić information content (AvgIpc) is 2.07. The van der Waals surface area contributed by atoms with Crippen LogP contribution < -0.4 is 0 Å². The lowest BCUT2D eigenvalue weighted by Crippen LogP contribution is -2.12. The van der Waals surface area contributed by atoms with Gasteiger partial charge in [-0.05, 0) is 34.0 Å². The van der Waals surface area contributed by atoms with Crippen LogP contribution in [0, 0.1) is 0 Å². The number of halogens is 4. The highest BCUT2D eigenvalue weighted by atomic mass is 79.9. The summed E-state index contributed by atoms with van der Waals surface area (Å²) in [6, 6.07) is 2.99. The molecule has 0 radical (unpaired) electrons. The molecule has 0 atom stereocenters. The van der Waals surface area contributed by atoms with E-state index in [1.165, 1.54) is 12.1 Å². The first-order chi connectivity index (χ1) is 6.45. The lowest BCUT2D eigenvalue weighted by molar-refractivity contribution is -0.141. The number of aromatic nitrogens is 1. The first-order valence-corrected chi connectivity index (χ1v) is 4.97. The molecule has 0 saturated heterocycles. The number of alkyl halides is 3. The third-order valence-electron chi connectivity index (χ3n) is 1.73. The van der Waals surface area contributed by atoms with E-state index in [0.717, 1.165) is 0 Å². The Balaban J connectivity index is 3.16. The van der Waals surface area contributed by atoms with E-state index in [0.29, 0.717) is 12.8 Å². The molecule has 1 nitrogen and oxygen atoms in total. The second-order valence-electron chi connectivity index (χ2n) is 2.89. The van der Waals surface area contributed by atoms with Crippen LogP contribution in [0.25, 0.3) is 0 Å². The van der Waals surface area contributed by atoms with Gasteiger partial charge in [0.15, 0.2) is 0 Å². The first kappa shape index (κ1) is 11.5. The number of nitrogens with zero attached hydrogens (tertiary/aromatic N) is 1. The zero-order valence-corrected chi connectivity index (χ0v) is 9.11. The lowest BCUT2D eigenvalue weighted by atomic mass is 10.1. The van der Waals surface area contributed by atoms with Crippen molar-refractivity contribution in [3.05, 3.63) is 28.0 Å². The van der Waals surface area contributed by atoms with E-state index in [9.17, 15) is 13.2 Å². The predicted molar refractivity (Wildman–Crippen MR) is 50.9 cm³/mol. The van der Waals surface area contributed by atoms with E-state index in [2.05, 4.69) is 20.9 Å². The van der Waals surface area contributed by atoms with E-state index < -0.39 is 11.9 Å². The van der Waals surface area contributed by atoms with E-state index in [1.54, 1.807) is 0 Å². The van der Waals surface area contributed by atoms with Crippen LogP contribution in [0.4, 0.5) is 13.2 Å². The van der Waals surface area contributed by atoms with Crippen LogP contribution in [0.2, 0.25) is 0 Å². The molecule has 0 saturated carbocycles. The Kier molecular flexibility index (Phi) is 3.53. The van der Waals surface area contributed by atoms with Crippen molar-refractivity contribution in [2.45, 2.75) is 25.9 Å². The van der Waals surface area contributed by atoms with Gasteiger partial charge in [-0.25, -0.2) is 4.98 Å². The topological polar surface area (TPSA) is 12.9 Å². The third-order valence-corrected chi connectivity index (χ3v) is 2.17. The van der Waals surface area contributed by atoms with Crippen molar-refractivity contribution >= 4 is 15.9 Å². The molecule has 0 fully saturated rings. The Labute approximate surface area is 88.5 Å². The Morgan fingerprint density at radius 2 is 2.00 bits per heavy atom. The molecule has 0 aliphatic carbocycles. The summed E-state index contributed by atoms with van der Waals surface area (Å²) in [5, 5.41) is 0. The summed E-state index contributed by atoms with van der Waals surface area (Å²) in [5.74, 6) is 0. The van der Waals surface area contributed by atoms with Crippen molar-refractivity contribution in [2.24, 2.45) is 0 Å². The van der Waals surface area contributed by atoms with Crippen molar-refractivity contribution < 1.29 is 13.2 Å². The maximum absolute atomic E-state index is 12.5. The van der Waals surface area contributed by atoms with Crippen molar-refractivity contribution in [3.63, 3.8) is 0 Å². The zero-order chi connectivity index (χ0) is 10.8. The largest absolute Gasteiger partial charge is 0.433 e. The summed E-state index contributed by atoms with van der Waals surface area (Å²) in [7, 11) is 0. The molecule has 14 heavy (non-hydrogen) atoms. The van der Waals surface area contributed by atoms with Gasteiger partial charge in [0.05, 0.1) is 0 Å². The van der Waals surface area contributed by atoms with Gasteiger partial charge in [-0.2, -0.15) is 13.2 Å². The van der Waals surface area contributed by atoms with Crippen molar-refractivity contribution in [2.75, 3.05) is 0 Å². The fourth-order valence-electron chi connectivity index (χ4n) is 1.18. The second-order valence-corrected chi connectivity index (χ2v) is 3.70. The van der Waals surface area contributed by atoms with Crippen LogP contribution in [-0.4, -0.2) is 4.98 Å². The van der Waals surface area contributed by atoms with Crippen LogP contribution in [0.3, 0.4) is 0 Å². The molecule has 78 valence electrons. The molecule has 0 amide bonds. The summed E-state index contributed by atoms with van der Waals surface area (Å²) in [6.07, 6.45) is -3.30. The minimum Gasteiger partial charge on any atom is -0.236 e. The van der Waals surface area contributed by atoms with Crippen LogP contribution in [-0.2, 0) is 12.6 Å². The summed E-state index contributed by atoms with van der Waals surface area (Å²) in [4.78, 5) is 3.45. The minimum absolute atomic E-state index is 0.213. The predicted octanol–water partition coefficient (Wildman–Crippen LogP) is 3.82. The monoisotopic (exact) mass is 267 g/mol. The summed E-state index contributed by atoms with van der Waals surface area (Å²) in [6.45, 7) is 1.84. The number of hydrogen-bond donors (Lipinski definition) is 0. The standard InChI is InChI=1S/C9H9BrF3N/c1-2-3-6-4-5-7(10)14-8(6)9(11,12)13/h4-5H,2-3H2,1H3. The number of aryl methyl sites for hydroxylation is 1. The Bertz CT molecular complexity index is 322. The molecule has 5 heteroatoms. The smallest absolute Gasteiger partial charge is 0.236 e. The van der Waals surface area contributed by atoms with Crippen LogP contribution in [0.5, 0.6) is 0 Å². The quantitative estimate of drug-likeness (QED) is 0.743. The van der Waals surface area contributed by atoms with E-state index >= 15 is 0 Å². The molecule has 0 N–H and O–H groups in total. The van der Waals surface area contributed by atoms with Gasteiger partial charge in [0.2, 0.25) is 0 Å². The number of hydrogen-bond acceptors (Lipinski definition) is 1. The molecule has 1 heterocycles. The van der Waals surface area contributed by atoms with Crippen molar-refractivity contribution in [1.29, 1.82) is 0 Å². The third kappa shape index (κ3) is 2.70. The molecule has 0 aliphatic heterocycles. The highest BCUT2D eigenvalue weighted by Gasteiger charge is 2.35. The molecule has 0 bridgehead atoms. The van der Waals surface area contributed by atoms with E-state index in [4.69, 9.17) is 0 Å². The van der Waals surface area contributed by atoms with Gasteiger partial charge in [-0.1, -0.05) is 19.4 Å². The second kappa shape index (κ2) is 4.29. The zero-order valence-electron chi connectivity index (χ0n) is 7.53. The van der Waals surface area contributed by atoms with Gasteiger partial charge >= 0.3 is 6.18 Å². The minimum atomic E-state index is -4.37. The van der Waals surface area contributed by atoms with Crippen LogP contribution >= 0.6 is 15.9 Å². The van der Waals surface area contributed by atoms with Gasteiger partial charge in [-0.3, -0.25) is 0 Å². The highest BCUT2D eigenvalue weighted by Crippen LogP contribution is 2.31. The molecular weight excluding hydrogens is 259 g/mol. The average molecular weight is 268 g/mol. The number of rotatable bonds is 2. The Morgan fingerprint density at radius 3 is 2.50 bits per heavy atom. The number of pyridine rings is 1. The molecule has 1 aromatic heterocycles. The van der Waals surface area contributed by atoms with E-state index in [-0.39, 0.29) is 10.2 Å². The van der Waals surface area contributed by atoms with Crippen molar-refractivity contribution in [1.82, 2.24) is 4.98 Å². The maximum Gasteiger partial charge on any atom is 0.433 e. The Hall–Kier alpha value is -0.580. The maximum atomic E-state index is 12.5. The normalized spacial score (nSPS) is 11.8. The molecule has 0 aromatic carbocycles. The Morgan fingerprint density at radius 1 is 1.36 bits per heavy atom. The molecular formula is C9H9BrF3N. The van der Waals surface area contributed by atoms with Gasteiger partial charge < -0.3 is 0 Å². The van der Waals surface area contributed by atoms with Crippen LogP contribution in [0.15, 0.2) is 16.7 Å². The molecule has 1 rings (SSSR count). The summed E-state index contributed by atoms with van der Waals surface area (Å²) in [5.41, 5.74) is -0.531. The van der Waals surface area contributed by atoms with Crippen LogP contribution in [0.1, 0.15) is 24.6 Å². The van der Waals surface area contributed by atoms with Gasteiger partial charge in [0, 0.05) is 0 Å². The van der Waals surface area contributed by atoms with Crippen molar-refractivity contribution in [3.8, 4) is 0 Å². The molecule has 0 aliphatic rings. The SMILES string of the molecule is CCCc1ccc(Br)nc1C(F)(F)F. The fraction of sp³-hybridized carbons (Fsp3) is 0.444. The van der Waals surface area contributed by atoms with Gasteiger partial charge in [-0.15, -0.1) is 0 Å². The lowest BCUT2D eigenvalue weighted by Gasteiger charge is -2.11. The van der Waals surface area contributed by atoms with E-state index in [1.807, 2.05) is 6.92 Å². The first-order valence-electron chi connectivity index (χ1n) is 4.17. The van der Waals surface area contributed by atoms with Gasteiger partial charge in [0.25, 0.3) is 0 Å².